The van der Waals surface area contributed by atoms with Crippen molar-refractivity contribution in [2.45, 2.75) is 6.92 Å². The molecule has 1 aromatic heterocycles. The van der Waals surface area contributed by atoms with Crippen molar-refractivity contribution in [3.63, 3.8) is 0 Å². The third-order valence-corrected chi connectivity index (χ3v) is 4.57. The lowest BCUT2D eigenvalue weighted by molar-refractivity contribution is -0.114. The van der Waals surface area contributed by atoms with Crippen molar-refractivity contribution in [1.82, 2.24) is 0 Å². The maximum atomic E-state index is 12.9. The summed E-state index contributed by atoms with van der Waals surface area (Å²) >= 11 is 0. The van der Waals surface area contributed by atoms with Gasteiger partial charge in [0.1, 0.15) is 11.5 Å². The molecule has 6 heteroatoms. The molecule has 0 radical (unpaired) electrons. The van der Waals surface area contributed by atoms with Crippen LogP contribution >= 0.6 is 0 Å². The van der Waals surface area contributed by atoms with Crippen LogP contribution in [0.3, 0.4) is 0 Å². The van der Waals surface area contributed by atoms with Gasteiger partial charge in [0, 0.05) is 5.56 Å². The quantitative estimate of drug-likeness (QED) is 0.487. The third-order valence-electron chi connectivity index (χ3n) is 4.57. The average molecular weight is 386 g/mol. The van der Waals surface area contributed by atoms with Gasteiger partial charge in [-0.1, -0.05) is 30.3 Å². The molecule has 2 aromatic carbocycles. The van der Waals surface area contributed by atoms with Gasteiger partial charge in [-0.15, -0.1) is 0 Å². The van der Waals surface area contributed by atoms with Crippen LogP contribution in [0.2, 0.25) is 0 Å². The van der Waals surface area contributed by atoms with E-state index in [-0.39, 0.29) is 5.91 Å². The van der Waals surface area contributed by atoms with Gasteiger partial charge in [-0.25, -0.2) is 4.79 Å². The van der Waals surface area contributed by atoms with Gasteiger partial charge in [0.15, 0.2) is 0 Å². The number of anilines is 1. The molecule has 0 N–H and O–H groups in total. The molecule has 0 aliphatic carbocycles. The zero-order valence-electron chi connectivity index (χ0n) is 16.0. The molecule has 1 aliphatic heterocycles. The number of ether oxygens (including phenoxy) is 1. The zero-order chi connectivity index (χ0) is 20.4. The van der Waals surface area contributed by atoms with E-state index in [2.05, 4.69) is 5.10 Å². The Balaban J connectivity index is 1.58. The molecule has 144 valence electrons. The Morgan fingerprint density at radius 3 is 2.45 bits per heavy atom. The zero-order valence-corrected chi connectivity index (χ0v) is 16.0. The van der Waals surface area contributed by atoms with Gasteiger partial charge in [-0.05, 0) is 49.4 Å². The number of methoxy groups -OCH3 is 1. The average Bonchev–Trinajstić information content (AvgIpc) is 3.34. The van der Waals surface area contributed by atoms with E-state index in [1.807, 2.05) is 42.5 Å². The summed E-state index contributed by atoms with van der Waals surface area (Å²) in [5.41, 5.74) is 2.98. The lowest BCUT2D eigenvalue weighted by Crippen LogP contribution is -2.21. The minimum atomic E-state index is -0.434. The van der Waals surface area contributed by atoms with Gasteiger partial charge in [0.05, 0.1) is 29.6 Å². The first-order valence-corrected chi connectivity index (χ1v) is 9.02. The number of rotatable bonds is 4. The predicted octanol–water partition coefficient (Wildman–Crippen LogP) is 4.54. The number of amides is 1. The second-order valence-corrected chi connectivity index (χ2v) is 6.47. The summed E-state index contributed by atoms with van der Waals surface area (Å²) in [6.07, 6.45) is 1.69. The number of hydrazone groups is 1. The first-order valence-electron chi connectivity index (χ1n) is 9.02. The van der Waals surface area contributed by atoms with Gasteiger partial charge in [0.25, 0.3) is 5.91 Å². The SMILES string of the molecule is COC(=O)c1ccc(N2N=C(C)C(=Cc3ccc(-c4ccccc4)o3)C2=O)cc1. The number of furan rings is 1. The molecule has 0 saturated carbocycles. The number of hydrogen-bond acceptors (Lipinski definition) is 5. The van der Waals surface area contributed by atoms with E-state index >= 15 is 0 Å². The lowest BCUT2D eigenvalue weighted by Gasteiger charge is -2.12. The van der Waals surface area contributed by atoms with Crippen LogP contribution in [0.25, 0.3) is 17.4 Å². The second kappa shape index (κ2) is 7.59. The van der Waals surface area contributed by atoms with E-state index in [0.29, 0.717) is 28.3 Å². The molecule has 4 rings (SSSR count). The number of hydrogen-bond donors (Lipinski definition) is 0. The standard InChI is InChI=1S/C23H18N2O4/c1-15-20(14-19-12-13-21(29-19)16-6-4-3-5-7-16)22(26)25(24-15)18-10-8-17(9-11-18)23(27)28-2/h3-14H,1-2H3. The van der Waals surface area contributed by atoms with Crippen LogP contribution in [0.5, 0.6) is 0 Å². The Hall–Kier alpha value is -3.93. The summed E-state index contributed by atoms with van der Waals surface area (Å²) in [5, 5.41) is 5.66. The molecule has 1 amide bonds. The first kappa shape index (κ1) is 18.4. The molecule has 6 nitrogen and oxygen atoms in total. The van der Waals surface area contributed by atoms with E-state index in [0.717, 1.165) is 11.3 Å². The van der Waals surface area contributed by atoms with Gasteiger partial charge >= 0.3 is 5.97 Å². The fraction of sp³-hybridized carbons (Fsp3) is 0.0870. The van der Waals surface area contributed by atoms with Crippen LogP contribution in [-0.2, 0) is 9.53 Å². The minimum absolute atomic E-state index is 0.258. The summed E-state index contributed by atoms with van der Waals surface area (Å²) in [7, 11) is 1.32. The van der Waals surface area contributed by atoms with E-state index in [4.69, 9.17) is 9.15 Å². The van der Waals surface area contributed by atoms with E-state index in [9.17, 15) is 9.59 Å². The van der Waals surface area contributed by atoms with Crippen molar-refractivity contribution in [2.24, 2.45) is 5.10 Å². The number of nitrogens with zero attached hydrogens (tertiary/aromatic N) is 2. The van der Waals surface area contributed by atoms with Crippen molar-refractivity contribution in [1.29, 1.82) is 0 Å². The van der Waals surface area contributed by atoms with Gasteiger partial charge < -0.3 is 9.15 Å². The summed E-state index contributed by atoms with van der Waals surface area (Å²) in [6, 6.07) is 20.0. The van der Waals surface area contributed by atoms with Gasteiger partial charge in [0.2, 0.25) is 0 Å². The molecule has 0 unspecified atom stereocenters. The van der Waals surface area contributed by atoms with Crippen LogP contribution in [0.15, 0.2) is 81.8 Å². The molecular formula is C23H18N2O4. The third kappa shape index (κ3) is 3.60. The Morgan fingerprint density at radius 2 is 1.76 bits per heavy atom. The van der Waals surface area contributed by atoms with E-state index < -0.39 is 5.97 Å². The fourth-order valence-electron chi connectivity index (χ4n) is 3.05. The van der Waals surface area contributed by atoms with Crippen molar-refractivity contribution >= 4 is 29.4 Å². The Morgan fingerprint density at radius 1 is 1.03 bits per heavy atom. The summed E-state index contributed by atoms with van der Waals surface area (Å²) in [6.45, 7) is 1.77. The summed E-state index contributed by atoms with van der Waals surface area (Å²) in [5.74, 6) is 0.611. The molecular weight excluding hydrogens is 368 g/mol. The smallest absolute Gasteiger partial charge is 0.337 e. The molecule has 0 spiro atoms. The van der Waals surface area contributed by atoms with Crippen LogP contribution in [0, 0.1) is 0 Å². The summed E-state index contributed by atoms with van der Waals surface area (Å²) < 4.78 is 10.6. The summed E-state index contributed by atoms with van der Waals surface area (Å²) in [4.78, 5) is 24.5. The molecule has 29 heavy (non-hydrogen) atoms. The molecule has 2 heterocycles. The van der Waals surface area contributed by atoms with Crippen molar-refractivity contribution in [2.75, 3.05) is 12.1 Å². The maximum Gasteiger partial charge on any atom is 0.337 e. The predicted molar refractivity (Wildman–Crippen MR) is 110 cm³/mol. The van der Waals surface area contributed by atoms with E-state index in [1.165, 1.54) is 12.1 Å². The highest BCUT2D eigenvalue weighted by Gasteiger charge is 2.29. The number of benzene rings is 2. The minimum Gasteiger partial charge on any atom is -0.465 e. The second-order valence-electron chi connectivity index (χ2n) is 6.47. The molecule has 0 fully saturated rings. The normalized spacial score (nSPS) is 15.0. The van der Waals surface area contributed by atoms with Gasteiger partial charge in [-0.3, -0.25) is 4.79 Å². The Labute approximate surface area is 167 Å². The highest BCUT2D eigenvalue weighted by molar-refractivity contribution is 6.32. The highest BCUT2D eigenvalue weighted by atomic mass is 16.5. The van der Waals surface area contributed by atoms with Crippen molar-refractivity contribution < 1.29 is 18.7 Å². The number of carbonyl (C=O) groups is 2. The van der Waals surface area contributed by atoms with E-state index in [1.54, 1.807) is 37.3 Å². The fourth-order valence-corrected chi connectivity index (χ4v) is 3.05. The van der Waals surface area contributed by atoms with Crippen molar-refractivity contribution in [3.8, 4) is 11.3 Å². The molecule has 0 bridgehead atoms. The van der Waals surface area contributed by atoms with Crippen LogP contribution in [-0.4, -0.2) is 24.7 Å². The number of esters is 1. The van der Waals surface area contributed by atoms with Crippen LogP contribution < -0.4 is 5.01 Å². The molecule has 1 aliphatic rings. The lowest BCUT2D eigenvalue weighted by atomic mass is 10.1. The highest BCUT2D eigenvalue weighted by Crippen LogP contribution is 2.27. The Kier molecular flexibility index (Phi) is 4.83. The Bertz CT molecular complexity index is 1130. The molecule has 0 atom stereocenters. The van der Waals surface area contributed by atoms with Gasteiger partial charge in [-0.2, -0.15) is 10.1 Å². The molecule has 3 aromatic rings. The first-order chi connectivity index (χ1) is 14.1. The topological polar surface area (TPSA) is 72.1 Å². The van der Waals surface area contributed by atoms with Crippen molar-refractivity contribution in [3.05, 3.63) is 83.6 Å². The molecule has 0 saturated heterocycles. The largest absolute Gasteiger partial charge is 0.465 e. The number of carbonyl (C=O) groups excluding carboxylic acids is 2. The maximum absolute atomic E-state index is 12.9. The van der Waals surface area contributed by atoms with Crippen LogP contribution in [0.1, 0.15) is 23.0 Å². The monoisotopic (exact) mass is 386 g/mol. The van der Waals surface area contributed by atoms with Crippen LogP contribution in [0.4, 0.5) is 5.69 Å².